The van der Waals surface area contributed by atoms with Crippen LogP contribution in [0, 0.1) is 6.92 Å². The summed E-state index contributed by atoms with van der Waals surface area (Å²) in [5.74, 6) is -0.237. The summed E-state index contributed by atoms with van der Waals surface area (Å²) in [6.45, 7) is 4.09. The Balaban J connectivity index is 1.67. The smallest absolute Gasteiger partial charge is 0.243 e. The molecule has 2 amide bonds. The van der Waals surface area contributed by atoms with Crippen molar-refractivity contribution in [1.82, 2.24) is 15.2 Å². The second-order valence-corrected chi connectivity index (χ2v) is 7.18. The van der Waals surface area contributed by atoms with Gasteiger partial charge in [-0.05, 0) is 25.0 Å². The molecule has 1 aliphatic rings. The van der Waals surface area contributed by atoms with E-state index in [1.165, 1.54) is 4.90 Å². The maximum absolute atomic E-state index is 12.4. The minimum absolute atomic E-state index is 0.185. The number of hydrogen-bond acceptors (Lipinski definition) is 5. The number of likely N-dealkylation sites (tertiary alicyclic amines) is 1. The van der Waals surface area contributed by atoms with Crippen molar-refractivity contribution in [3.63, 3.8) is 0 Å². The third-order valence-corrected chi connectivity index (χ3v) is 5.51. The molecule has 0 spiro atoms. The first-order chi connectivity index (χ1) is 12.0. The monoisotopic (exact) mass is 359 g/mol. The lowest BCUT2D eigenvalue weighted by Crippen LogP contribution is -2.43. The van der Waals surface area contributed by atoms with Gasteiger partial charge < -0.3 is 15.3 Å². The molecule has 0 aliphatic carbocycles. The Kier molecular flexibility index (Phi) is 5.15. The summed E-state index contributed by atoms with van der Waals surface area (Å²) in [7, 11) is 0. The maximum atomic E-state index is 12.4. The van der Waals surface area contributed by atoms with Gasteiger partial charge >= 0.3 is 0 Å². The number of aliphatic hydroxyl groups is 1. The van der Waals surface area contributed by atoms with Crippen molar-refractivity contribution in [1.29, 1.82) is 0 Å². The van der Waals surface area contributed by atoms with Gasteiger partial charge in [-0.25, -0.2) is 4.98 Å². The van der Waals surface area contributed by atoms with Crippen molar-refractivity contribution in [3.8, 4) is 10.4 Å². The van der Waals surface area contributed by atoms with E-state index >= 15 is 0 Å². The van der Waals surface area contributed by atoms with E-state index in [0.29, 0.717) is 6.41 Å². The van der Waals surface area contributed by atoms with Gasteiger partial charge in [-0.1, -0.05) is 24.3 Å². The number of aryl methyl sites for hydroxylation is 1. The van der Waals surface area contributed by atoms with Crippen molar-refractivity contribution in [2.45, 2.75) is 38.5 Å². The van der Waals surface area contributed by atoms with Crippen molar-refractivity contribution in [2.24, 2.45) is 0 Å². The lowest BCUT2D eigenvalue weighted by atomic mass is 10.0. The minimum atomic E-state index is -0.641. The summed E-state index contributed by atoms with van der Waals surface area (Å²) >= 11 is 1.60. The summed E-state index contributed by atoms with van der Waals surface area (Å²) in [5.41, 5.74) is 4.92. The zero-order chi connectivity index (χ0) is 18.0. The molecular formula is C18H21N3O3S. The molecule has 1 aromatic carbocycles. The Bertz CT molecular complexity index is 759. The van der Waals surface area contributed by atoms with Crippen molar-refractivity contribution < 1.29 is 14.7 Å². The zero-order valence-corrected chi connectivity index (χ0v) is 15.0. The molecule has 0 saturated carbocycles. The van der Waals surface area contributed by atoms with E-state index in [4.69, 9.17) is 0 Å². The number of benzene rings is 1. The standard InChI is InChI=1S/C18H21N3O3S/c1-11(20-18(24)16-7-15(23)8-21(16)10-22)13-3-5-14(6-4-13)17-12(2)19-9-25-17/h3-6,9-11,15-16,23H,7-8H2,1-2H3,(H,20,24)/t11?,15-,16?/m1/s1. The highest BCUT2D eigenvalue weighted by Crippen LogP contribution is 2.28. The summed E-state index contributed by atoms with van der Waals surface area (Å²) in [5, 5.41) is 12.6. The molecule has 132 valence electrons. The quantitative estimate of drug-likeness (QED) is 0.799. The molecule has 3 atom stereocenters. The van der Waals surface area contributed by atoms with Crippen LogP contribution in [-0.2, 0) is 9.59 Å². The fraction of sp³-hybridized carbons (Fsp3) is 0.389. The fourth-order valence-electron chi connectivity index (χ4n) is 3.11. The van der Waals surface area contributed by atoms with E-state index < -0.39 is 12.1 Å². The summed E-state index contributed by atoms with van der Waals surface area (Å²) in [6.07, 6.45) is 0.260. The Labute approximate surface area is 150 Å². The van der Waals surface area contributed by atoms with Crippen LogP contribution in [0.25, 0.3) is 10.4 Å². The summed E-state index contributed by atoms with van der Waals surface area (Å²) in [6, 6.07) is 7.23. The van der Waals surface area contributed by atoms with E-state index in [0.717, 1.165) is 21.7 Å². The van der Waals surface area contributed by atoms with E-state index in [9.17, 15) is 14.7 Å². The SMILES string of the molecule is Cc1ncsc1-c1ccc(C(C)NC(=O)C2C[C@@H](O)CN2C=O)cc1. The highest BCUT2D eigenvalue weighted by Gasteiger charge is 2.35. The van der Waals surface area contributed by atoms with Crippen LogP contribution in [0.15, 0.2) is 29.8 Å². The highest BCUT2D eigenvalue weighted by molar-refractivity contribution is 7.13. The van der Waals surface area contributed by atoms with Gasteiger partial charge in [0.2, 0.25) is 12.3 Å². The molecule has 1 aliphatic heterocycles. The lowest BCUT2D eigenvalue weighted by Gasteiger charge is -2.22. The maximum Gasteiger partial charge on any atom is 0.243 e. The number of rotatable bonds is 5. The van der Waals surface area contributed by atoms with Crippen molar-refractivity contribution in [2.75, 3.05) is 6.54 Å². The van der Waals surface area contributed by atoms with Crippen LogP contribution in [0.1, 0.15) is 30.6 Å². The molecule has 6 nitrogen and oxygen atoms in total. The van der Waals surface area contributed by atoms with Crippen LogP contribution in [0.5, 0.6) is 0 Å². The first-order valence-corrected chi connectivity index (χ1v) is 9.07. The van der Waals surface area contributed by atoms with Gasteiger partial charge in [-0.3, -0.25) is 9.59 Å². The number of β-amino-alcohol motifs (C(OH)–C–C–N with tert-alkyl or cyclic N) is 1. The van der Waals surface area contributed by atoms with Crippen LogP contribution in [-0.4, -0.2) is 46.0 Å². The Morgan fingerprint density at radius 2 is 2.16 bits per heavy atom. The van der Waals surface area contributed by atoms with E-state index in [1.54, 1.807) is 11.3 Å². The molecule has 1 saturated heterocycles. The van der Waals surface area contributed by atoms with Gasteiger partial charge in [0.05, 0.1) is 28.2 Å². The van der Waals surface area contributed by atoms with Crippen LogP contribution in [0.3, 0.4) is 0 Å². The normalized spacial score (nSPS) is 21.2. The Morgan fingerprint density at radius 1 is 1.44 bits per heavy atom. The first-order valence-electron chi connectivity index (χ1n) is 8.19. The number of aromatic nitrogens is 1. The molecule has 2 aromatic rings. The van der Waals surface area contributed by atoms with E-state index in [-0.39, 0.29) is 24.9 Å². The van der Waals surface area contributed by atoms with Crippen LogP contribution in [0.2, 0.25) is 0 Å². The summed E-state index contributed by atoms with van der Waals surface area (Å²) in [4.78, 5) is 30.2. The highest BCUT2D eigenvalue weighted by atomic mass is 32.1. The summed E-state index contributed by atoms with van der Waals surface area (Å²) < 4.78 is 0. The van der Waals surface area contributed by atoms with Gasteiger partial charge in [-0.2, -0.15) is 0 Å². The number of hydrogen-bond donors (Lipinski definition) is 2. The molecular weight excluding hydrogens is 338 g/mol. The first kappa shape index (κ1) is 17.6. The lowest BCUT2D eigenvalue weighted by molar-refractivity contribution is -0.131. The second-order valence-electron chi connectivity index (χ2n) is 6.33. The number of carbonyl (C=O) groups is 2. The minimum Gasteiger partial charge on any atom is -0.391 e. The number of aliphatic hydroxyl groups excluding tert-OH is 1. The van der Waals surface area contributed by atoms with Crippen LogP contribution in [0.4, 0.5) is 0 Å². The molecule has 25 heavy (non-hydrogen) atoms. The van der Waals surface area contributed by atoms with Gasteiger partial charge in [0, 0.05) is 13.0 Å². The molecule has 2 heterocycles. The molecule has 0 radical (unpaired) electrons. The van der Waals surface area contributed by atoms with E-state index in [2.05, 4.69) is 10.3 Å². The predicted octanol–water partition coefficient (Wildman–Crippen LogP) is 1.89. The molecule has 0 bridgehead atoms. The predicted molar refractivity (Wildman–Crippen MR) is 96.0 cm³/mol. The van der Waals surface area contributed by atoms with E-state index in [1.807, 2.05) is 43.6 Å². The number of carbonyl (C=O) groups excluding carboxylic acids is 2. The third kappa shape index (κ3) is 3.72. The number of thiazole rings is 1. The van der Waals surface area contributed by atoms with Gasteiger partial charge in [0.15, 0.2) is 0 Å². The molecule has 7 heteroatoms. The topological polar surface area (TPSA) is 82.5 Å². The number of nitrogens with zero attached hydrogens (tertiary/aromatic N) is 2. The number of amides is 2. The second kappa shape index (κ2) is 7.33. The average Bonchev–Trinajstić information content (AvgIpc) is 3.20. The van der Waals surface area contributed by atoms with Gasteiger partial charge in [0.1, 0.15) is 6.04 Å². The molecule has 2 unspecified atom stereocenters. The zero-order valence-electron chi connectivity index (χ0n) is 14.2. The molecule has 2 N–H and O–H groups in total. The van der Waals surface area contributed by atoms with Gasteiger partial charge in [-0.15, -0.1) is 11.3 Å². The van der Waals surface area contributed by atoms with Crippen molar-refractivity contribution >= 4 is 23.7 Å². The van der Waals surface area contributed by atoms with Crippen LogP contribution >= 0.6 is 11.3 Å². The molecule has 1 fully saturated rings. The Morgan fingerprint density at radius 3 is 2.76 bits per heavy atom. The Hall–Kier alpha value is -2.25. The third-order valence-electron chi connectivity index (χ3n) is 4.53. The van der Waals surface area contributed by atoms with Crippen molar-refractivity contribution in [3.05, 3.63) is 41.0 Å². The molecule has 1 aromatic heterocycles. The largest absolute Gasteiger partial charge is 0.391 e. The van der Waals surface area contributed by atoms with Crippen LogP contribution < -0.4 is 5.32 Å². The average molecular weight is 359 g/mol. The molecule has 3 rings (SSSR count). The number of nitrogens with one attached hydrogen (secondary N) is 1. The fourth-order valence-corrected chi connectivity index (χ4v) is 3.92. The van der Waals surface area contributed by atoms with Gasteiger partial charge in [0.25, 0.3) is 0 Å².